The van der Waals surface area contributed by atoms with Crippen molar-refractivity contribution in [1.82, 2.24) is 0 Å². The summed E-state index contributed by atoms with van der Waals surface area (Å²) in [5.74, 6) is 0. The molecule has 0 amide bonds. The first kappa shape index (κ1) is 20.4. The van der Waals surface area contributed by atoms with Gasteiger partial charge >= 0.3 is 0 Å². The quantitative estimate of drug-likeness (QED) is 0.238. The minimum absolute atomic E-state index is 0.671. The second-order valence-corrected chi connectivity index (χ2v) is 9.29. The van der Waals surface area contributed by atoms with Gasteiger partial charge in [0.25, 0.3) is 0 Å². The van der Waals surface area contributed by atoms with Crippen LogP contribution in [0.15, 0.2) is 127 Å². The van der Waals surface area contributed by atoms with E-state index in [0.29, 0.717) is 5.56 Å². The van der Waals surface area contributed by atoms with Crippen molar-refractivity contribution in [1.29, 1.82) is 5.26 Å². The first-order chi connectivity index (χ1) is 17.8. The van der Waals surface area contributed by atoms with Crippen LogP contribution in [-0.2, 0) is 0 Å². The highest BCUT2D eigenvalue weighted by atomic mass is 14.2. The lowest BCUT2D eigenvalue weighted by molar-refractivity contribution is 1.50. The zero-order valence-corrected chi connectivity index (χ0v) is 19.6. The molecule has 7 aromatic carbocycles. The van der Waals surface area contributed by atoms with Crippen LogP contribution in [0.3, 0.4) is 0 Å². The van der Waals surface area contributed by atoms with E-state index >= 15 is 0 Å². The molecule has 0 N–H and O–H groups in total. The summed E-state index contributed by atoms with van der Waals surface area (Å²) < 4.78 is 0. The molecule has 7 rings (SSSR count). The number of nitrogens with zero attached hydrogens (tertiary/aromatic N) is 1. The van der Waals surface area contributed by atoms with Crippen LogP contribution in [-0.4, -0.2) is 0 Å². The van der Waals surface area contributed by atoms with Crippen molar-refractivity contribution in [2.75, 3.05) is 0 Å². The van der Waals surface area contributed by atoms with Crippen LogP contribution >= 0.6 is 0 Å². The Morgan fingerprint density at radius 1 is 0.389 bits per heavy atom. The van der Waals surface area contributed by atoms with Crippen molar-refractivity contribution in [2.24, 2.45) is 0 Å². The molecular formula is C35H21N. The van der Waals surface area contributed by atoms with E-state index in [0.717, 1.165) is 16.3 Å². The van der Waals surface area contributed by atoms with Crippen LogP contribution in [0.5, 0.6) is 0 Å². The van der Waals surface area contributed by atoms with Crippen LogP contribution in [0.25, 0.3) is 65.3 Å². The van der Waals surface area contributed by atoms with Gasteiger partial charge in [-0.3, -0.25) is 0 Å². The molecule has 36 heavy (non-hydrogen) atoms. The number of hydrogen-bond donors (Lipinski definition) is 0. The van der Waals surface area contributed by atoms with Gasteiger partial charge in [0.1, 0.15) is 0 Å². The molecule has 0 atom stereocenters. The third-order valence-electron chi connectivity index (χ3n) is 7.23. The van der Waals surface area contributed by atoms with Gasteiger partial charge in [-0.15, -0.1) is 0 Å². The van der Waals surface area contributed by atoms with E-state index in [4.69, 9.17) is 0 Å². The summed E-state index contributed by atoms with van der Waals surface area (Å²) >= 11 is 0. The monoisotopic (exact) mass is 455 g/mol. The van der Waals surface area contributed by atoms with E-state index < -0.39 is 0 Å². The number of rotatable bonds is 2. The van der Waals surface area contributed by atoms with Gasteiger partial charge in [0.15, 0.2) is 0 Å². The number of benzene rings is 7. The first-order valence-electron chi connectivity index (χ1n) is 12.2. The second-order valence-electron chi connectivity index (χ2n) is 9.29. The number of nitriles is 1. The zero-order chi connectivity index (χ0) is 24.1. The van der Waals surface area contributed by atoms with Crippen LogP contribution in [0.1, 0.15) is 5.56 Å². The van der Waals surface area contributed by atoms with Crippen molar-refractivity contribution in [3.05, 3.63) is 133 Å². The normalized spacial score (nSPS) is 11.3. The minimum Gasteiger partial charge on any atom is -0.192 e. The van der Waals surface area contributed by atoms with E-state index in [9.17, 15) is 5.26 Å². The van der Waals surface area contributed by atoms with E-state index in [1.165, 1.54) is 49.0 Å². The average molecular weight is 456 g/mol. The maximum absolute atomic E-state index is 9.77. The molecule has 0 bridgehead atoms. The largest absolute Gasteiger partial charge is 0.192 e. The summed E-state index contributed by atoms with van der Waals surface area (Å²) in [6.45, 7) is 0. The molecule has 0 radical (unpaired) electrons. The predicted octanol–water partition coefficient (Wildman–Crippen LogP) is 9.51. The highest BCUT2D eigenvalue weighted by Crippen LogP contribution is 2.44. The lowest BCUT2D eigenvalue weighted by Crippen LogP contribution is -1.92. The Balaban J connectivity index is 1.64. The average Bonchev–Trinajstić information content (AvgIpc) is 2.95. The lowest BCUT2D eigenvalue weighted by Gasteiger charge is -2.18. The van der Waals surface area contributed by atoms with Crippen LogP contribution in [0.4, 0.5) is 0 Å². The molecule has 1 heteroatoms. The Kier molecular flexibility index (Phi) is 4.59. The molecule has 0 aromatic heterocycles. The summed E-state index contributed by atoms with van der Waals surface area (Å²) in [7, 11) is 0. The molecule has 0 aliphatic carbocycles. The maximum Gasteiger partial charge on any atom is 0.0991 e. The van der Waals surface area contributed by atoms with E-state index in [-0.39, 0.29) is 0 Å². The first-order valence-corrected chi connectivity index (χ1v) is 12.2. The van der Waals surface area contributed by atoms with E-state index in [2.05, 4.69) is 127 Å². The molecule has 0 aliphatic rings. The number of fused-ring (bicyclic) bond motifs is 4. The summed E-state index contributed by atoms with van der Waals surface area (Å²) in [6, 6.07) is 47.4. The second kappa shape index (κ2) is 8.08. The lowest BCUT2D eigenvalue weighted by atomic mass is 9.84. The molecule has 0 unspecified atom stereocenters. The summed E-state index contributed by atoms with van der Waals surface area (Å²) in [6.07, 6.45) is 0. The molecule has 0 fully saturated rings. The predicted molar refractivity (Wildman–Crippen MR) is 152 cm³/mol. The third kappa shape index (κ3) is 3.17. The van der Waals surface area contributed by atoms with Crippen LogP contribution < -0.4 is 0 Å². The Morgan fingerprint density at radius 2 is 0.861 bits per heavy atom. The van der Waals surface area contributed by atoms with Crippen molar-refractivity contribution >= 4 is 43.1 Å². The standard InChI is InChI=1S/C35H21N/c36-22-23-13-18-32-33(19-23)35(29-17-15-25-8-2-4-10-27(25)21-29)31-12-6-5-11-30(31)34(32)28-16-14-24-7-1-3-9-26(24)20-28/h1-21H. The summed E-state index contributed by atoms with van der Waals surface area (Å²) in [4.78, 5) is 0. The van der Waals surface area contributed by atoms with Gasteiger partial charge in [0.05, 0.1) is 11.6 Å². The van der Waals surface area contributed by atoms with Crippen molar-refractivity contribution in [3.8, 4) is 28.3 Å². The van der Waals surface area contributed by atoms with Crippen molar-refractivity contribution < 1.29 is 0 Å². The SMILES string of the molecule is N#Cc1ccc2c(-c3ccc4ccccc4c3)c3ccccc3c(-c3ccc4ccccc4c3)c2c1. The highest BCUT2D eigenvalue weighted by Gasteiger charge is 2.17. The van der Waals surface area contributed by atoms with Gasteiger partial charge in [0.2, 0.25) is 0 Å². The Morgan fingerprint density at radius 3 is 1.42 bits per heavy atom. The van der Waals surface area contributed by atoms with Crippen LogP contribution in [0.2, 0.25) is 0 Å². The van der Waals surface area contributed by atoms with Gasteiger partial charge in [-0.2, -0.15) is 5.26 Å². The molecule has 7 aromatic rings. The van der Waals surface area contributed by atoms with Crippen LogP contribution in [0, 0.1) is 11.3 Å². The Labute approximate surface area is 209 Å². The molecular weight excluding hydrogens is 434 g/mol. The fourth-order valence-electron chi connectivity index (χ4n) is 5.56. The summed E-state index contributed by atoms with van der Waals surface area (Å²) in [5.41, 5.74) is 5.40. The van der Waals surface area contributed by atoms with Gasteiger partial charge in [-0.25, -0.2) is 0 Å². The molecule has 0 saturated heterocycles. The van der Waals surface area contributed by atoms with Gasteiger partial charge in [0, 0.05) is 0 Å². The van der Waals surface area contributed by atoms with Crippen molar-refractivity contribution in [3.63, 3.8) is 0 Å². The zero-order valence-electron chi connectivity index (χ0n) is 19.6. The van der Waals surface area contributed by atoms with Gasteiger partial charge in [-0.05, 0) is 89.6 Å². The smallest absolute Gasteiger partial charge is 0.0991 e. The molecule has 0 spiro atoms. The third-order valence-corrected chi connectivity index (χ3v) is 7.23. The highest BCUT2D eigenvalue weighted by molar-refractivity contribution is 6.22. The molecule has 0 saturated carbocycles. The molecule has 166 valence electrons. The molecule has 0 heterocycles. The van der Waals surface area contributed by atoms with E-state index in [1.54, 1.807) is 0 Å². The van der Waals surface area contributed by atoms with E-state index in [1.807, 2.05) is 6.07 Å². The topological polar surface area (TPSA) is 23.8 Å². The fraction of sp³-hybridized carbons (Fsp3) is 0. The maximum atomic E-state index is 9.77. The molecule has 1 nitrogen and oxygen atoms in total. The molecule has 0 aliphatic heterocycles. The summed E-state index contributed by atoms with van der Waals surface area (Å²) in [5, 5.41) is 19.3. The number of hydrogen-bond acceptors (Lipinski definition) is 1. The minimum atomic E-state index is 0.671. The van der Waals surface area contributed by atoms with Gasteiger partial charge in [-0.1, -0.05) is 103 Å². The van der Waals surface area contributed by atoms with Crippen molar-refractivity contribution in [2.45, 2.75) is 0 Å². The van der Waals surface area contributed by atoms with Gasteiger partial charge < -0.3 is 0 Å². The fourth-order valence-corrected chi connectivity index (χ4v) is 5.56. The Bertz CT molecular complexity index is 2010. The Hall–Kier alpha value is -4.93.